The molecule has 2 nitrogen and oxygen atoms in total. The average molecular weight is 493 g/mol. The molecule has 0 spiro atoms. The van der Waals surface area contributed by atoms with Crippen molar-refractivity contribution in [1.29, 1.82) is 0 Å². The lowest BCUT2D eigenvalue weighted by Gasteiger charge is -2.33. The van der Waals surface area contributed by atoms with Gasteiger partial charge in [-0.1, -0.05) is 107 Å². The molecule has 0 amide bonds. The third-order valence-corrected chi connectivity index (χ3v) is 7.08. The second-order valence-electron chi connectivity index (χ2n) is 10.1. The first kappa shape index (κ1) is 28.2. The molecule has 3 rings (SSSR count). The molecule has 1 unspecified atom stereocenters. The molecule has 2 aromatic rings. The Hall–Kier alpha value is -2.39. The standard InChI is InChI=1S/C33H45FO2/c1-4-6-8-9-10-15-25-35-33(30-17-13-11-14-18-30)23-21-28(22-24-33)29-19-20-32(31(34)26-29)36-27(3)16-12-7-5-2/h11,13-14,17-23,26-27H,4-10,12,15-16,24-25H2,1-3H3/t27?,33-/m0/s1. The second kappa shape index (κ2) is 15.0. The molecule has 196 valence electrons. The van der Waals surface area contributed by atoms with Crippen LogP contribution >= 0.6 is 0 Å². The number of allylic oxidation sites excluding steroid dienone is 2. The molecule has 1 aliphatic rings. The zero-order valence-electron chi connectivity index (χ0n) is 22.6. The molecule has 0 saturated heterocycles. The lowest BCUT2D eigenvalue weighted by atomic mass is 9.84. The number of benzene rings is 2. The minimum atomic E-state index is -0.469. The van der Waals surface area contributed by atoms with Crippen LogP contribution in [0.2, 0.25) is 0 Å². The van der Waals surface area contributed by atoms with E-state index >= 15 is 0 Å². The van der Waals surface area contributed by atoms with Gasteiger partial charge in [-0.2, -0.15) is 0 Å². The Morgan fingerprint density at radius 3 is 2.31 bits per heavy atom. The highest BCUT2D eigenvalue weighted by atomic mass is 19.1. The Morgan fingerprint density at radius 1 is 0.889 bits per heavy atom. The Balaban J connectivity index is 1.64. The number of ether oxygens (including phenoxy) is 2. The Morgan fingerprint density at radius 2 is 1.61 bits per heavy atom. The van der Waals surface area contributed by atoms with Crippen LogP contribution in [0, 0.1) is 5.82 Å². The van der Waals surface area contributed by atoms with Crippen LogP contribution in [0.25, 0.3) is 5.57 Å². The number of rotatable bonds is 16. The minimum absolute atomic E-state index is 0.0148. The zero-order chi connectivity index (χ0) is 25.6. The van der Waals surface area contributed by atoms with Gasteiger partial charge in [0.25, 0.3) is 0 Å². The van der Waals surface area contributed by atoms with Gasteiger partial charge in [-0.15, -0.1) is 0 Å². The van der Waals surface area contributed by atoms with Gasteiger partial charge in [0.05, 0.1) is 6.10 Å². The summed E-state index contributed by atoms with van der Waals surface area (Å²) in [5, 5.41) is 0. The van der Waals surface area contributed by atoms with Gasteiger partial charge in [0.1, 0.15) is 5.60 Å². The minimum Gasteiger partial charge on any atom is -0.488 e. The fourth-order valence-electron chi connectivity index (χ4n) is 4.83. The van der Waals surface area contributed by atoms with Crippen LogP contribution in [-0.4, -0.2) is 12.7 Å². The van der Waals surface area contributed by atoms with Crippen molar-refractivity contribution in [2.45, 2.75) is 103 Å². The van der Waals surface area contributed by atoms with Crippen molar-refractivity contribution in [2.75, 3.05) is 6.61 Å². The molecule has 0 saturated carbocycles. The van der Waals surface area contributed by atoms with Crippen LogP contribution in [0.5, 0.6) is 5.75 Å². The summed E-state index contributed by atoms with van der Waals surface area (Å²) in [7, 11) is 0. The molecule has 0 aliphatic heterocycles. The van der Waals surface area contributed by atoms with E-state index in [1.54, 1.807) is 12.1 Å². The Bertz CT molecular complexity index is 965. The van der Waals surface area contributed by atoms with E-state index in [0.29, 0.717) is 5.75 Å². The molecule has 0 heterocycles. The molecular formula is C33H45FO2. The normalized spacial score (nSPS) is 18.2. The van der Waals surface area contributed by atoms with Gasteiger partial charge in [0.15, 0.2) is 11.6 Å². The van der Waals surface area contributed by atoms with Crippen LogP contribution in [0.3, 0.4) is 0 Å². The quantitative estimate of drug-likeness (QED) is 0.217. The molecule has 36 heavy (non-hydrogen) atoms. The van der Waals surface area contributed by atoms with Crippen molar-refractivity contribution < 1.29 is 13.9 Å². The van der Waals surface area contributed by atoms with Gasteiger partial charge in [-0.3, -0.25) is 0 Å². The van der Waals surface area contributed by atoms with Gasteiger partial charge in [-0.25, -0.2) is 4.39 Å². The topological polar surface area (TPSA) is 18.5 Å². The SMILES string of the molecule is CCCCCCCCO[C@@]1(c2ccccc2)C=CC(c2ccc(OC(C)CCCCC)c(F)c2)=CC1. The van der Waals surface area contributed by atoms with Crippen LogP contribution in [-0.2, 0) is 10.3 Å². The first-order valence-corrected chi connectivity index (χ1v) is 14.1. The smallest absolute Gasteiger partial charge is 0.165 e. The summed E-state index contributed by atoms with van der Waals surface area (Å²) in [5.74, 6) is 0.0346. The molecule has 1 aliphatic carbocycles. The fraction of sp³-hybridized carbons (Fsp3) is 0.515. The second-order valence-corrected chi connectivity index (χ2v) is 10.1. The first-order chi connectivity index (χ1) is 17.6. The van der Waals surface area contributed by atoms with Crippen molar-refractivity contribution in [2.24, 2.45) is 0 Å². The van der Waals surface area contributed by atoms with Crippen LogP contribution in [0.1, 0.15) is 103 Å². The average Bonchev–Trinajstić information content (AvgIpc) is 2.90. The number of hydrogen-bond acceptors (Lipinski definition) is 2. The van der Waals surface area contributed by atoms with E-state index in [4.69, 9.17) is 9.47 Å². The number of hydrogen-bond donors (Lipinski definition) is 0. The van der Waals surface area contributed by atoms with Crippen molar-refractivity contribution in [3.05, 3.63) is 83.7 Å². The lowest BCUT2D eigenvalue weighted by Crippen LogP contribution is -2.29. The predicted molar refractivity (Wildman–Crippen MR) is 150 cm³/mol. The molecule has 0 fully saturated rings. The van der Waals surface area contributed by atoms with E-state index < -0.39 is 5.60 Å². The van der Waals surface area contributed by atoms with E-state index in [1.165, 1.54) is 44.9 Å². The Kier molecular flexibility index (Phi) is 11.7. The van der Waals surface area contributed by atoms with E-state index in [2.05, 4.69) is 56.3 Å². The van der Waals surface area contributed by atoms with Crippen molar-refractivity contribution >= 4 is 5.57 Å². The largest absolute Gasteiger partial charge is 0.488 e. The van der Waals surface area contributed by atoms with Crippen molar-refractivity contribution in [3.8, 4) is 5.75 Å². The van der Waals surface area contributed by atoms with E-state index in [1.807, 2.05) is 19.1 Å². The Labute approximate surface area is 218 Å². The summed E-state index contributed by atoms with van der Waals surface area (Å²) in [6, 6.07) is 15.8. The highest BCUT2D eigenvalue weighted by Gasteiger charge is 2.31. The van der Waals surface area contributed by atoms with Gasteiger partial charge in [-0.05, 0) is 61.1 Å². The van der Waals surface area contributed by atoms with Crippen molar-refractivity contribution in [1.82, 2.24) is 0 Å². The zero-order valence-corrected chi connectivity index (χ0v) is 22.6. The van der Waals surface area contributed by atoms with Crippen LogP contribution < -0.4 is 4.74 Å². The molecule has 0 aromatic heterocycles. The summed E-state index contributed by atoms with van der Waals surface area (Å²) in [6.45, 7) is 7.19. The number of halogens is 1. The number of unbranched alkanes of at least 4 members (excludes halogenated alkanes) is 7. The molecule has 0 N–H and O–H groups in total. The highest BCUT2D eigenvalue weighted by Crippen LogP contribution is 2.38. The molecule has 3 heteroatoms. The fourth-order valence-corrected chi connectivity index (χ4v) is 4.83. The lowest BCUT2D eigenvalue weighted by molar-refractivity contribution is -0.0129. The molecule has 2 atom stereocenters. The summed E-state index contributed by atoms with van der Waals surface area (Å²) in [4.78, 5) is 0. The molecule has 0 radical (unpaired) electrons. The highest BCUT2D eigenvalue weighted by molar-refractivity contribution is 5.76. The van der Waals surface area contributed by atoms with E-state index in [0.717, 1.165) is 49.0 Å². The summed E-state index contributed by atoms with van der Waals surface area (Å²) in [5.41, 5.74) is 2.58. The monoisotopic (exact) mass is 492 g/mol. The summed E-state index contributed by atoms with van der Waals surface area (Å²) in [6.07, 6.45) is 19.0. The van der Waals surface area contributed by atoms with E-state index in [9.17, 15) is 4.39 Å². The van der Waals surface area contributed by atoms with Gasteiger partial charge < -0.3 is 9.47 Å². The summed E-state index contributed by atoms with van der Waals surface area (Å²) >= 11 is 0. The van der Waals surface area contributed by atoms with Crippen LogP contribution in [0.15, 0.2) is 66.8 Å². The van der Waals surface area contributed by atoms with Gasteiger partial charge in [0.2, 0.25) is 0 Å². The maximum atomic E-state index is 14.9. The molecule has 2 aromatic carbocycles. The maximum absolute atomic E-state index is 14.9. The van der Waals surface area contributed by atoms with Gasteiger partial charge >= 0.3 is 0 Å². The van der Waals surface area contributed by atoms with E-state index in [-0.39, 0.29) is 11.9 Å². The van der Waals surface area contributed by atoms with Gasteiger partial charge in [0, 0.05) is 13.0 Å². The maximum Gasteiger partial charge on any atom is 0.165 e. The molecular weight excluding hydrogens is 447 g/mol. The van der Waals surface area contributed by atoms with Crippen molar-refractivity contribution in [3.63, 3.8) is 0 Å². The predicted octanol–water partition coefficient (Wildman–Crippen LogP) is 9.79. The summed E-state index contributed by atoms with van der Waals surface area (Å²) < 4.78 is 27.3. The first-order valence-electron chi connectivity index (χ1n) is 14.1. The third kappa shape index (κ3) is 8.34. The molecule has 0 bridgehead atoms. The third-order valence-electron chi connectivity index (χ3n) is 7.08. The van der Waals surface area contributed by atoms with Crippen LogP contribution in [0.4, 0.5) is 4.39 Å².